The highest BCUT2D eigenvalue weighted by Gasteiger charge is 2.44. The molecule has 0 radical (unpaired) electrons. The van der Waals surface area contributed by atoms with Crippen molar-refractivity contribution in [3.8, 4) is 5.75 Å². The van der Waals surface area contributed by atoms with Crippen LogP contribution in [0, 0.1) is 11.8 Å². The molecule has 5 rings (SSSR count). The van der Waals surface area contributed by atoms with E-state index in [2.05, 4.69) is 19.2 Å². The SMILES string of the molecule is CCC(CC)CN(C[C@@H](O)[C@H](Cc1ccc(OCc2ccccc2)cc1)NC(=O)O[C@H]1CO[C@H]2OCC[C@H]21)C(=O)OCc1ccccc1. The second-order valence-electron chi connectivity index (χ2n) is 12.5. The van der Waals surface area contributed by atoms with E-state index in [0.717, 1.165) is 36.0 Å². The lowest BCUT2D eigenvalue weighted by Crippen LogP contribution is -2.52. The number of aliphatic hydroxyl groups is 1. The van der Waals surface area contributed by atoms with E-state index in [4.69, 9.17) is 23.7 Å². The van der Waals surface area contributed by atoms with Crippen molar-refractivity contribution in [1.82, 2.24) is 10.2 Å². The Morgan fingerprint density at radius 2 is 1.54 bits per heavy atom. The zero-order chi connectivity index (χ0) is 33.7. The fraction of sp³-hybridized carbons (Fsp3) is 0.474. The number of nitrogens with one attached hydrogen (secondary N) is 1. The summed E-state index contributed by atoms with van der Waals surface area (Å²) in [5.41, 5.74) is 2.81. The predicted octanol–water partition coefficient (Wildman–Crippen LogP) is 6.10. The van der Waals surface area contributed by atoms with Gasteiger partial charge in [0.15, 0.2) is 6.29 Å². The van der Waals surface area contributed by atoms with E-state index >= 15 is 0 Å². The van der Waals surface area contributed by atoms with Gasteiger partial charge in [-0.3, -0.25) is 0 Å². The van der Waals surface area contributed by atoms with Gasteiger partial charge in [0, 0.05) is 6.54 Å². The van der Waals surface area contributed by atoms with E-state index in [0.29, 0.717) is 31.9 Å². The average molecular weight is 661 g/mol. The van der Waals surface area contributed by atoms with Crippen molar-refractivity contribution < 1.29 is 38.4 Å². The topological polar surface area (TPSA) is 116 Å². The van der Waals surface area contributed by atoms with Crippen LogP contribution in [-0.4, -0.2) is 73.0 Å². The summed E-state index contributed by atoms with van der Waals surface area (Å²) >= 11 is 0. The molecule has 2 heterocycles. The molecule has 2 aliphatic rings. The summed E-state index contributed by atoms with van der Waals surface area (Å²) in [6, 6.07) is 26.2. The molecule has 0 aromatic heterocycles. The van der Waals surface area contributed by atoms with E-state index in [1.54, 1.807) is 4.90 Å². The van der Waals surface area contributed by atoms with Crippen LogP contribution in [0.25, 0.3) is 0 Å². The van der Waals surface area contributed by atoms with Crippen LogP contribution in [-0.2, 0) is 38.6 Å². The Bertz CT molecular complexity index is 1400. The van der Waals surface area contributed by atoms with Crippen LogP contribution >= 0.6 is 0 Å². The van der Waals surface area contributed by atoms with Crippen molar-refractivity contribution in [3.05, 3.63) is 102 Å². The highest BCUT2D eigenvalue weighted by Crippen LogP contribution is 2.33. The van der Waals surface area contributed by atoms with E-state index in [-0.39, 0.29) is 37.9 Å². The maximum atomic E-state index is 13.4. The van der Waals surface area contributed by atoms with Crippen LogP contribution in [0.1, 0.15) is 49.8 Å². The number of amides is 2. The molecule has 0 spiro atoms. The number of nitrogens with zero attached hydrogens (tertiary/aromatic N) is 1. The van der Waals surface area contributed by atoms with Gasteiger partial charge in [-0.1, -0.05) is 99.5 Å². The van der Waals surface area contributed by atoms with Gasteiger partial charge in [-0.15, -0.1) is 0 Å². The molecule has 2 aliphatic heterocycles. The van der Waals surface area contributed by atoms with Gasteiger partial charge in [-0.25, -0.2) is 9.59 Å². The van der Waals surface area contributed by atoms with Gasteiger partial charge in [0.2, 0.25) is 0 Å². The molecule has 0 unspecified atom stereocenters. The number of carbonyl (C=O) groups excluding carboxylic acids is 2. The Labute approximate surface area is 283 Å². The molecule has 5 atom stereocenters. The Kier molecular flexibility index (Phi) is 13.1. The molecule has 10 heteroatoms. The third-order valence-electron chi connectivity index (χ3n) is 9.14. The summed E-state index contributed by atoms with van der Waals surface area (Å²) in [5.74, 6) is 0.918. The first-order valence-corrected chi connectivity index (χ1v) is 17.0. The molecule has 0 aliphatic carbocycles. The van der Waals surface area contributed by atoms with Gasteiger partial charge >= 0.3 is 12.2 Å². The monoisotopic (exact) mass is 660 g/mol. The molecular weight excluding hydrogens is 612 g/mol. The summed E-state index contributed by atoms with van der Waals surface area (Å²) in [7, 11) is 0. The first kappa shape index (κ1) is 35.2. The second-order valence-corrected chi connectivity index (χ2v) is 12.5. The third kappa shape index (κ3) is 10.2. The predicted molar refractivity (Wildman–Crippen MR) is 180 cm³/mol. The molecular formula is C38H48N2O8. The fourth-order valence-corrected chi connectivity index (χ4v) is 6.12. The zero-order valence-electron chi connectivity index (χ0n) is 27.9. The Hall–Kier alpha value is -4.12. The number of carbonyl (C=O) groups is 2. The third-order valence-corrected chi connectivity index (χ3v) is 9.14. The molecule has 10 nitrogen and oxygen atoms in total. The molecule has 2 fully saturated rings. The van der Waals surface area contributed by atoms with Crippen molar-refractivity contribution in [2.45, 2.75) is 77.3 Å². The van der Waals surface area contributed by atoms with Crippen LogP contribution < -0.4 is 10.1 Å². The normalized spacial score (nSPS) is 19.7. The van der Waals surface area contributed by atoms with Crippen molar-refractivity contribution in [1.29, 1.82) is 0 Å². The van der Waals surface area contributed by atoms with Crippen molar-refractivity contribution >= 4 is 12.2 Å². The van der Waals surface area contributed by atoms with Crippen molar-refractivity contribution in [2.24, 2.45) is 11.8 Å². The van der Waals surface area contributed by atoms with Crippen LogP contribution in [0.4, 0.5) is 9.59 Å². The number of hydrogen-bond donors (Lipinski definition) is 2. The van der Waals surface area contributed by atoms with Crippen LogP contribution in [0.2, 0.25) is 0 Å². The lowest BCUT2D eigenvalue weighted by Gasteiger charge is -2.32. The van der Waals surface area contributed by atoms with Gasteiger partial charge < -0.3 is 39.0 Å². The Morgan fingerprint density at radius 1 is 0.875 bits per heavy atom. The standard InChI is InChI=1S/C38H48N2O8/c1-3-27(4-2)22-40(38(43)47-25-30-13-9-6-10-14-30)23-34(41)33(39-37(42)48-35-26-46-36-32(35)19-20-44-36)21-28-15-17-31(18-16-28)45-24-29-11-7-5-8-12-29/h5-18,27,32-36,41H,3-4,19-26H2,1-2H3,(H,39,42)/t32-,33-,34+,35-,36+/m0/s1. The molecule has 3 aromatic carbocycles. The highest BCUT2D eigenvalue weighted by atomic mass is 16.7. The summed E-state index contributed by atoms with van der Waals surface area (Å²) in [6.45, 7) is 5.95. The summed E-state index contributed by atoms with van der Waals surface area (Å²) in [6.07, 6.45) is -0.278. The number of alkyl carbamates (subject to hydrolysis) is 1. The number of aliphatic hydroxyl groups excluding tert-OH is 1. The quantitative estimate of drug-likeness (QED) is 0.190. The van der Waals surface area contributed by atoms with E-state index in [9.17, 15) is 14.7 Å². The number of hydrogen-bond acceptors (Lipinski definition) is 8. The lowest BCUT2D eigenvalue weighted by molar-refractivity contribution is -0.0907. The maximum Gasteiger partial charge on any atom is 0.410 e. The largest absolute Gasteiger partial charge is 0.489 e. The van der Waals surface area contributed by atoms with Gasteiger partial charge in [0.1, 0.15) is 25.1 Å². The van der Waals surface area contributed by atoms with Crippen LogP contribution in [0.5, 0.6) is 5.75 Å². The van der Waals surface area contributed by atoms with Gasteiger partial charge in [0.05, 0.1) is 37.8 Å². The number of rotatable bonds is 16. The van der Waals surface area contributed by atoms with Crippen LogP contribution in [0.15, 0.2) is 84.9 Å². The van der Waals surface area contributed by atoms with E-state index in [1.165, 1.54) is 0 Å². The van der Waals surface area contributed by atoms with E-state index < -0.39 is 30.4 Å². The van der Waals surface area contributed by atoms with Gasteiger partial charge in [0.25, 0.3) is 0 Å². The summed E-state index contributed by atoms with van der Waals surface area (Å²) in [4.78, 5) is 28.2. The number of fused-ring (bicyclic) bond motifs is 1. The zero-order valence-corrected chi connectivity index (χ0v) is 27.9. The molecule has 2 amide bonds. The number of ether oxygens (including phenoxy) is 5. The molecule has 2 N–H and O–H groups in total. The second kappa shape index (κ2) is 17.9. The van der Waals surface area contributed by atoms with Crippen molar-refractivity contribution in [2.75, 3.05) is 26.3 Å². The van der Waals surface area contributed by atoms with Crippen molar-refractivity contribution in [3.63, 3.8) is 0 Å². The minimum Gasteiger partial charge on any atom is -0.489 e. The Morgan fingerprint density at radius 3 is 2.21 bits per heavy atom. The maximum absolute atomic E-state index is 13.4. The van der Waals surface area contributed by atoms with Crippen LogP contribution in [0.3, 0.4) is 0 Å². The molecule has 2 saturated heterocycles. The van der Waals surface area contributed by atoms with E-state index in [1.807, 2.05) is 84.9 Å². The lowest BCUT2D eigenvalue weighted by atomic mass is 9.99. The molecule has 48 heavy (non-hydrogen) atoms. The minimum atomic E-state index is -1.12. The minimum absolute atomic E-state index is 0.0162. The summed E-state index contributed by atoms with van der Waals surface area (Å²) in [5, 5.41) is 14.6. The molecule has 0 saturated carbocycles. The van der Waals surface area contributed by atoms with Gasteiger partial charge in [-0.05, 0) is 47.6 Å². The average Bonchev–Trinajstić information content (AvgIpc) is 3.74. The molecule has 258 valence electrons. The first-order chi connectivity index (χ1) is 23.4. The van der Waals surface area contributed by atoms with Gasteiger partial charge in [-0.2, -0.15) is 0 Å². The fourth-order valence-electron chi connectivity index (χ4n) is 6.12. The smallest absolute Gasteiger partial charge is 0.410 e. The summed E-state index contributed by atoms with van der Waals surface area (Å²) < 4.78 is 28.6. The first-order valence-electron chi connectivity index (χ1n) is 17.0. The molecule has 3 aromatic rings. The highest BCUT2D eigenvalue weighted by molar-refractivity contribution is 5.69. The number of benzene rings is 3. The molecule has 0 bridgehead atoms. The Balaban J connectivity index is 1.27.